The van der Waals surface area contributed by atoms with Crippen LogP contribution < -0.4 is 0 Å². The molecule has 0 aliphatic heterocycles. The first kappa shape index (κ1) is 22.7. The summed E-state index contributed by atoms with van der Waals surface area (Å²) >= 11 is 0. The molecule has 0 atom stereocenters. The molecule has 0 bridgehead atoms. The SMILES string of the molecule is CCCCCCCCC(C(=O)OCC)=C(C(=O)OCC)C1CCCCC1. The van der Waals surface area contributed by atoms with Crippen LogP contribution in [-0.2, 0) is 19.1 Å². The molecule has 1 saturated carbocycles. The van der Waals surface area contributed by atoms with E-state index in [-0.39, 0.29) is 17.9 Å². The van der Waals surface area contributed by atoms with E-state index in [0.717, 1.165) is 38.5 Å². The molecular formula is C22H38O4. The highest BCUT2D eigenvalue weighted by Crippen LogP contribution is 2.34. The van der Waals surface area contributed by atoms with Crippen molar-refractivity contribution in [2.75, 3.05) is 13.2 Å². The smallest absolute Gasteiger partial charge is 0.334 e. The summed E-state index contributed by atoms with van der Waals surface area (Å²) in [6.45, 7) is 6.50. The summed E-state index contributed by atoms with van der Waals surface area (Å²) in [5, 5.41) is 0. The summed E-state index contributed by atoms with van der Waals surface area (Å²) in [5.74, 6) is -0.495. The van der Waals surface area contributed by atoms with E-state index >= 15 is 0 Å². The Bertz CT molecular complexity index is 447. The standard InChI is InChI=1S/C22H38O4/c1-4-7-8-9-10-14-17-19(21(23)25-5-2)20(22(24)26-6-3)18-15-12-11-13-16-18/h18H,4-17H2,1-3H3. The summed E-state index contributed by atoms with van der Waals surface area (Å²) in [4.78, 5) is 25.3. The van der Waals surface area contributed by atoms with Crippen molar-refractivity contribution in [2.45, 2.75) is 97.8 Å². The summed E-state index contributed by atoms with van der Waals surface area (Å²) < 4.78 is 10.6. The topological polar surface area (TPSA) is 52.6 Å². The molecule has 1 aliphatic carbocycles. The lowest BCUT2D eigenvalue weighted by Gasteiger charge is -2.25. The monoisotopic (exact) mass is 366 g/mol. The van der Waals surface area contributed by atoms with Crippen molar-refractivity contribution in [3.63, 3.8) is 0 Å². The van der Waals surface area contributed by atoms with Gasteiger partial charge in [0, 0.05) is 5.57 Å². The summed E-state index contributed by atoms with van der Waals surface area (Å²) in [7, 11) is 0. The normalized spacial score (nSPS) is 16.1. The molecule has 0 spiro atoms. The van der Waals surface area contributed by atoms with Gasteiger partial charge in [-0.2, -0.15) is 0 Å². The van der Waals surface area contributed by atoms with Crippen LogP contribution in [0.2, 0.25) is 0 Å². The number of ether oxygens (including phenoxy) is 2. The predicted molar refractivity (Wildman–Crippen MR) is 105 cm³/mol. The van der Waals surface area contributed by atoms with Gasteiger partial charge in [-0.3, -0.25) is 0 Å². The van der Waals surface area contributed by atoms with Crippen molar-refractivity contribution in [3.05, 3.63) is 11.1 Å². The minimum absolute atomic E-state index is 0.141. The maximum Gasteiger partial charge on any atom is 0.334 e. The second-order valence-electron chi connectivity index (χ2n) is 7.19. The molecule has 26 heavy (non-hydrogen) atoms. The van der Waals surface area contributed by atoms with Crippen molar-refractivity contribution in [1.29, 1.82) is 0 Å². The van der Waals surface area contributed by atoms with Crippen LogP contribution in [0, 0.1) is 5.92 Å². The Kier molecular flexibility index (Phi) is 12.1. The van der Waals surface area contributed by atoms with E-state index in [9.17, 15) is 9.59 Å². The molecule has 1 fully saturated rings. The number of unbranched alkanes of at least 4 members (excludes halogenated alkanes) is 5. The molecule has 0 saturated heterocycles. The lowest BCUT2D eigenvalue weighted by Crippen LogP contribution is -2.24. The lowest BCUT2D eigenvalue weighted by atomic mass is 9.80. The van der Waals surface area contributed by atoms with Gasteiger partial charge in [-0.15, -0.1) is 0 Å². The maximum atomic E-state index is 12.7. The summed E-state index contributed by atoms with van der Waals surface area (Å²) in [6, 6.07) is 0. The van der Waals surface area contributed by atoms with E-state index in [4.69, 9.17) is 9.47 Å². The number of carbonyl (C=O) groups is 2. The molecule has 0 N–H and O–H groups in total. The van der Waals surface area contributed by atoms with Crippen LogP contribution in [0.5, 0.6) is 0 Å². The van der Waals surface area contributed by atoms with E-state index in [2.05, 4.69) is 6.92 Å². The molecule has 1 aliphatic rings. The molecule has 0 amide bonds. The Labute approximate surface area is 159 Å². The fourth-order valence-corrected chi connectivity index (χ4v) is 3.78. The number of esters is 2. The molecule has 150 valence electrons. The molecule has 0 aromatic heterocycles. The van der Waals surface area contributed by atoms with E-state index in [1.54, 1.807) is 0 Å². The van der Waals surface area contributed by atoms with Crippen LogP contribution >= 0.6 is 0 Å². The molecule has 4 nitrogen and oxygen atoms in total. The van der Waals surface area contributed by atoms with Gasteiger partial charge in [0.2, 0.25) is 0 Å². The zero-order valence-electron chi connectivity index (χ0n) is 17.1. The first-order chi connectivity index (χ1) is 12.7. The van der Waals surface area contributed by atoms with Gasteiger partial charge in [0.1, 0.15) is 0 Å². The zero-order valence-corrected chi connectivity index (χ0v) is 17.1. The summed E-state index contributed by atoms with van der Waals surface area (Å²) in [6.07, 6.45) is 12.9. The van der Waals surface area contributed by atoms with Gasteiger partial charge in [0.05, 0.1) is 18.8 Å². The molecule has 0 heterocycles. The van der Waals surface area contributed by atoms with Crippen molar-refractivity contribution in [3.8, 4) is 0 Å². The fourth-order valence-electron chi connectivity index (χ4n) is 3.78. The summed E-state index contributed by atoms with van der Waals surface area (Å²) in [5.41, 5.74) is 1.19. The Morgan fingerprint density at radius 3 is 1.96 bits per heavy atom. The van der Waals surface area contributed by atoms with Gasteiger partial charge >= 0.3 is 11.9 Å². The van der Waals surface area contributed by atoms with Gasteiger partial charge in [0.15, 0.2) is 0 Å². The van der Waals surface area contributed by atoms with Crippen LogP contribution in [0.4, 0.5) is 0 Å². The third kappa shape index (κ3) is 7.92. The third-order valence-corrected chi connectivity index (χ3v) is 5.14. The minimum atomic E-state index is -0.324. The first-order valence-electron chi connectivity index (χ1n) is 10.7. The van der Waals surface area contributed by atoms with E-state index in [0.29, 0.717) is 30.8 Å². The average Bonchev–Trinajstić information content (AvgIpc) is 2.64. The van der Waals surface area contributed by atoms with Crippen LogP contribution in [-0.4, -0.2) is 25.2 Å². The van der Waals surface area contributed by atoms with Gasteiger partial charge in [-0.05, 0) is 45.4 Å². The molecule has 0 unspecified atom stereocenters. The van der Waals surface area contributed by atoms with Gasteiger partial charge < -0.3 is 9.47 Å². The van der Waals surface area contributed by atoms with Crippen LogP contribution in [0.3, 0.4) is 0 Å². The van der Waals surface area contributed by atoms with Crippen LogP contribution in [0.25, 0.3) is 0 Å². The molecule has 0 aromatic rings. The highest BCUT2D eigenvalue weighted by Gasteiger charge is 2.30. The fraction of sp³-hybridized carbons (Fsp3) is 0.818. The number of rotatable bonds is 12. The Hall–Kier alpha value is -1.32. The van der Waals surface area contributed by atoms with Crippen molar-refractivity contribution in [1.82, 2.24) is 0 Å². The molecular weight excluding hydrogens is 328 g/mol. The second-order valence-corrected chi connectivity index (χ2v) is 7.19. The highest BCUT2D eigenvalue weighted by atomic mass is 16.5. The van der Waals surface area contributed by atoms with Crippen LogP contribution in [0.15, 0.2) is 11.1 Å². The Morgan fingerprint density at radius 1 is 0.769 bits per heavy atom. The minimum Gasteiger partial charge on any atom is -0.463 e. The van der Waals surface area contributed by atoms with Gasteiger partial charge in [0.25, 0.3) is 0 Å². The number of hydrogen-bond acceptors (Lipinski definition) is 4. The van der Waals surface area contributed by atoms with Crippen molar-refractivity contribution in [2.24, 2.45) is 5.92 Å². The molecule has 4 heteroatoms. The van der Waals surface area contributed by atoms with Crippen molar-refractivity contribution < 1.29 is 19.1 Å². The lowest BCUT2D eigenvalue weighted by molar-refractivity contribution is -0.142. The maximum absolute atomic E-state index is 12.7. The Balaban J connectivity index is 2.94. The van der Waals surface area contributed by atoms with Gasteiger partial charge in [-0.1, -0.05) is 58.3 Å². The Morgan fingerprint density at radius 2 is 1.35 bits per heavy atom. The van der Waals surface area contributed by atoms with E-state index in [1.807, 2.05) is 13.8 Å². The first-order valence-corrected chi connectivity index (χ1v) is 10.7. The molecule has 0 aromatic carbocycles. The average molecular weight is 367 g/mol. The van der Waals surface area contributed by atoms with Gasteiger partial charge in [-0.25, -0.2) is 9.59 Å². The second kappa shape index (κ2) is 13.8. The zero-order chi connectivity index (χ0) is 19.2. The molecule has 0 radical (unpaired) electrons. The van der Waals surface area contributed by atoms with Crippen LogP contribution in [0.1, 0.15) is 97.8 Å². The van der Waals surface area contributed by atoms with E-state index < -0.39 is 0 Å². The number of carbonyl (C=O) groups excluding carboxylic acids is 2. The third-order valence-electron chi connectivity index (χ3n) is 5.14. The molecule has 1 rings (SSSR count). The quantitative estimate of drug-likeness (QED) is 0.251. The largest absolute Gasteiger partial charge is 0.463 e. The number of hydrogen-bond donors (Lipinski definition) is 0. The van der Waals surface area contributed by atoms with Crippen molar-refractivity contribution >= 4 is 11.9 Å². The van der Waals surface area contributed by atoms with E-state index in [1.165, 1.54) is 32.1 Å². The predicted octanol–water partition coefficient (Wildman–Crippen LogP) is 5.74. The highest BCUT2D eigenvalue weighted by molar-refractivity contribution is 6.00.